The number of nitrogens with zero attached hydrogens (tertiary/aromatic N) is 1. The first kappa shape index (κ1) is 18.2. The number of aliphatic carboxylic acids is 1. The van der Waals surface area contributed by atoms with Crippen molar-refractivity contribution in [2.45, 2.75) is 43.9 Å². The van der Waals surface area contributed by atoms with Gasteiger partial charge in [0.05, 0.1) is 0 Å². The number of nitrogens with two attached hydrogens (primary N) is 1. The molecule has 7 nitrogen and oxygen atoms in total. The predicted octanol–water partition coefficient (Wildman–Crippen LogP) is -0.152. The summed E-state index contributed by atoms with van der Waals surface area (Å²) in [4.78, 5) is 35.3. The molecular formula is C12H18F3N3O4. The third-order valence-electron chi connectivity index (χ3n) is 3.38. The van der Waals surface area contributed by atoms with Crippen molar-refractivity contribution in [1.29, 1.82) is 0 Å². The number of halogens is 3. The Morgan fingerprint density at radius 2 is 2.00 bits per heavy atom. The van der Waals surface area contributed by atoms with Crippen LogP contribution in [0, 0.1) is 0 Å². The Morgan fingerprint density at radius 1 is 1.36 bits per heavy atom. The van der Waals surface area contributed by atoms with Gasteiger partial charge in [0.25, 0.3) is 0 Å². The van der Waals surface area contributed by atoms with Crippen LogP contribution in [0.25, 0.3) is 0 Å². The minimum Gasteiger partial charge on any atom is -0.480 e. The van der Waals surface area contributed by atoms with Gasteiger partial charge in [-0.1, -0.05) is 0 Å². The van der Waals surface area contributed by atoms with E-state index in [1.54, 1.807) is 5.32 Å². The lowest BCUT2D eigenvalue weighted by Crippen LogP contribution is -2.54. The molecule has 0 bridgehead atoms. The zero-order chi connectivity index (χ0) is 16.9. The molecule has 1 rings (SSSR count). The van der Waals surface area contributed by atoms with Crippen molar-refractivity contribution in [2.75, 3.05) is 13.1 Å². The van der Waals surface area contributed by atoms with Crippen LogP contribution in [-0.2, 0) is 14.4 Å². The monoisotopic (exact) mass is 325 g/mol. The van der Waals surface area contributed by atoms with E-state index in [0.29, 0.717) is 6.42 Å². The normalized spacial score (nSPS) is 19.8. The summed E-state index contributed by atoms with van der Waals surface area (Å²) in [6.07, 6.45) is -4.30. The number of carbonyl (C=O) groups is 3. The van der Waals surface area contributed by atoms with Gasteiger partial charge in [-0.3, -0.25) is 9.59 Å². The van der Waals surface area contributed by atoms with Crippen LogP contribution in [0.1, 0.15) is 25.7 Å². The lowest BCUT2D eigenvalue weighted by atomic mass is 10.1. The molecule has 0 aromatic carbocycles. The van der Waals surface area contributed by atoms with E-state index in [9.17, 15) is 27.6 Å². The van der Waals surface area contributed by atoms with E-state index in [4.69, 9.17) is 10.8 Å². The van der Waals surface area contributed by atoms with Crippen LogP contribution in [0.2, 0.25) is 0 Å². The van der Waals surface area contributed by atoms with Crippen LogP contribution < -0.4 is 11.1 Å². The lowest BCUT2D eigenvalue weighted by molar-refractivity contribution is -0.175. The molecular weight excluding hydrogens is 307 g/mol. The standard InChI is InChI=1S/C12H18F3N3O4/c13-12(14,15)11(22)17-7(3-1-5-16)9(19)18-6-2-4-8(18)10(20)21/h7-8H,1-6,16H2,(H,17,22)(H,20,21)/t7-,8-/m0/s1. The van der Waals surface area contributed by atoms with Crippen molar-refractivity contribution in [3.8, 4) is 0 Å². The Kier molecular flexibility index (Phi) is 6.15. The number of carbonyl (C=O) groups excluding carboxylic acids is 2. The molecule has 0 saturated carbocycles. The highest BCUT2D eigenvalue weighted by atomic mass is 19.4. The number of carboxylic acid groups (broad SMARTS) is 1. The van der Waals surface area contributed by atoms with Crippen LogP contribution in [0.15, 0.2) is 0 Å². The van der Waals surface area contributed by atoms with Gasteiger partial charge in [-0.05, 0) is 32.2 Å². The highest BCUT2D eigenvalue weighted by Gasteiger charge is 2.43. The van der Waals surface area contributed by atoms with Crippen LogP contribution in [0.4, 0.5) is 13.2 Å². The zero-order valence-corrected chi connectivity index (χ0v) is 11.7. The summed E-state index contributed by atoms with van der Waals surface area (Å²) in [5, 5.41) is 10.6. The number of nitrogens with one attached hydrogen (secondary N) is 1. The van der Waals surface area contributed by atoms with Crippen molar-refractivity contribution >= 4 is 17.8 Å². The molecule has 10 heteroatoms. The smallest absolute Gasteiger partial charge is 0.471 e. The van der Waals surface area contributed by atoms with E-state index in [-0.39, 0.29) is 32.4 Å². The summed E-state index contributed by atoms with van der Waals surface area (Å²) >= 11 is 0. The average Bonchev–Trinajstić information content (AvgIpc) is 2.90. The quantitative estimate of drug-likeness (QED) is 0.628. The Hall–Kier alpha value is -1.84. The first-order valence-electron chi connectivity index (χ1n) is 6.79. The second kappa shape index (κ2) is 7.43. The van der Waals surface area contributed by atoms with Gasteiger partial charge >= 0.3 is 18.1 Å². The van der Waals surface area contributed by atoms with Crippen LogP contribution in [0.5, 0.6) is 0 Å². The van der Waals surface area contributed by atoms with Crippen molar-refractivity contribution in [2.24, 2.45) is 5.73 Å². The van der Waals surface area contributed by atoms with E-state index in [1.807, 2.05) is 0 Å². The maximum atomic E-state index is 12.3. The molecule has 1 fully saturated rings. The van der Waals surface area contributed by atoms with Gasteiger partial charge in [0.2, 0.25) is 5.91 Å². The van der Waals surface area contributed by atoms with E-state index in [2.05, 4.69) is 0 Å². The largest absolute Gasteiger partial charge is 0.480 e. The fourth-order valence-electron chi connectivity index (χ4n) is 2.31. The molecule has 1 heterocycles. The minimum absolute atomic E-state index is 0.0833. The van der Waals surface area contributed by atoms with Crippen molar-refractivity contribution in [3.63, 3.8) is 0 Å². The molecule has 1 saturated heterocycles. The van der Waals surface area contributed by atoms with Gasteiger partial charge in [-0.25, -0.2) is 4.79 Å². The summed E-state index contributed by atoms with van der Waals surface area (Å²) in [7, 11) is 0. The van der Waals surface area contributed by atoms with E-state index >= 15 is 0 Å². The Labute approximate surface area is 124 Å². The second-order valence-corrected chi connectivity index (χ2v) is 4.98. The number of likely N-dealkylation sites (tertiary alicyclic amines) is 1. The van der Waals surface area contributed by atoms with Gasteiger partial charge < -0.3 is 21.1 Å². The molecule has 1 aliphatic heterocycles. The topological polar surface area (TPSA) is 113 Å². The SMILES string of the molecule is NCCC[C@H](NC(=O)C(F)(F)F)C(=O)N1CCC[C@H]1C(=O)O. The summed E-state index contributed by atoms with van der Waals surface area (Å²) in [5.74, 6) is -4.27. The fraction of sp³-hybridized carbons (Fsp3) is 0.750. The van der Waals surface area contributed by atoms with Crippen LogP contribution >= 0.6 is 0 Å². The molecule has 0 unspecified atom stereocenters. The van der Waals surface area contributed by atoms with Crippen LogP contribution in [-0.4, -0.2) is 59.1 Å². The molecule has 0 aromatic rings. The molecule has 0 aromatic heterocycles. The lowest BCUT2D eigenvalue weighted by Gasteiger charge is -2.27. The summed E-state index contributed by atoms with van der Waals surface area (Å²) in [6.45, 7) is 0.269. The Balaban J connectivity index is 2.84. The molecule has 2 atom stereocenters. The van der Waals surface area contributed by atoms with Gasteiger partial charge in [0, 0.05) is 6.54 Å². The number of amides is 2. The predicted molar refractivity (Wildman–Crippen MR) is 68.6 cm³/mol. The molecule has 0 radical (unpaired) electrons. The number of alkyl halides is 3. The van der Waals surface area contributed by atoms with Gasteiger partial charge in [-0.15, -0.1) is 0 Å². The summed E-state index contributed by atoms with van der Waals surface area (Å²) in [6, 6.07) is -2.51. The maximum absolute atomic E-state index is 12.3. The first-order valence-corrected chi connectivity index (χ1v) is 6.79. The van der Waals surface area contributed by atoms with Gasteiger partial charge in [0.1, 0.15) is 12.1 Å². The molecule has 2 amide bonds. The zero-order valence-electron chi connectivity index (χ0n) is 11.7. The highest BCUT2D eigenvalue weighted by Crippen LogP contribution is 2.21. The van der Waals surface area contributed by atoms with E-state index < -0.39 is 36.0 Å². The average molecular weight is 325 g/mol. The van der Waals surface area contributed by atoms with E-state index in [0.717, 1.165) is 4.90 Å². The van der Waals surface area contributed by atoms with E-state index in [1.165, 1.54) is 0 Å². The molecule has 1 aliphatic rings. The number of carboxylic acids is 1. The second-order valence-electron chi connectivity index (χ2n) is 4.98. The molecule has 22 heavy (non-hydrogen) atoms. The highest BCUT2D eigenvalue weighted by molar-refractivity contribution is 5.92. The summed E-state index contributed by atoms with van der Waals surface area (Å²) in [5.41, 5.74) is 5.27. The Morgan fingerprint density at radius 3 is 2.50 bits per heavy atom. The van der Waals surface area contributed by atoms with Gasteiger partial charge in [-0.2, -0.15) is 13.2 Å². The van der Waals surface area contributed by atoms with Crippen molar-refractivity contribution in [1.82, 2.24) is 10.2 Å². The molecule has 4 N–H and O–H groups in total. The van der Waals surface area contributed by atoms with Crippen LogP contribution in [0.3, 0.4) is 0 Å². The maximum Gasteiger partial charge on any atom is 0.471 e. The third-order valence-corrected chi connectivity index (χ3v) is 3.38. The molecule has 0 spiro atoms. The van der Waals surface area contributed by atoms with Crippen molar-refractivity contribution < 1.29 is 32.7 Å². The number of hydrogen-bond donors (Lipinski definition) is 3. The van der Waals surface area contributed by atoms with Crippen molar-refractivity contribution in [3.05, 3.63) is 0 Å². The number of rotatable bonds is 6. The first-order chi connectivity index (χ1) is 10.2. The molecule has 126 valence electrons. The molecule has 0 aliphatic carbocycles. The Bertz CT molecular complexity index is 442. The fourth-order valence-corrected chi connectivity index (χ4v) is 2.31. The minimum atomic E-state index is -5.11. The number of hydrogen-bond acceptors (Lipinski definition) is 4. The van der Waals surface area contributed by atoms with Gasteiger partial charge in [0.15, 0.2) is 0 Å². The third kappa shape index (κ3) is 4.58. The summed E-state index contributed by atoms with van der Waals surface area (Å²) < 4.78 is 37.0.